The van der Waals surface area contributed by atoms with Crippen molar-refractivity contribution in [3.8, 4) is 5.75 Å². The van der Waals surface area contributed by atoms with Crippen LogP contribution in [0.15, 0.2) is 22.7 Å². The number of halogens is 1. The normalized spacial score (nSPS) is 11.1. The van der Waals surface area contributed by atoms with Crippen molar-refractivity contribution in [1.82, 2.24) is 5.32 Å². The number of rotatable bonds is 6. The zero-order valence-corrected chi connectivity index (χ0v) is 12.8. The van der Waals surface area contributed by atoms with Gasteiger partial charge in [0.15, 0.2) is 0 Å². The molecule has 1 aromatic carbocycles. The molecule has 0 saturated heterocycles. The third-order valence-corrected chi connectivity index (χ3v) is 3.65. The van der Waals surface area contributed by atoms with Crippen molar-refractivity contribution < 1.29 is 17.9 Å². The quantitative estimate of drug-likeness (QED) is 0.743. The lowest BCUT2D eigenvalue weighted by Gasteiger charge is -2.09. The predicted molar refractivity (Wildman–Crippen MR) is 75.6 cm³/mol. The molecule has 0 aliphatic rings. The lowest BCUT2D eigenvalue weighted by atomic mass is 10.2. The fourth-order valence-corrected chi connectivity index (χ4v) is 2.31. The molecule has 0 atom stereocenters. The first-order valence-electron chi connectivity index (χ1n) is 5.45. The molecule has 0 unspecified atom stereocenters. The van der Waals surface area contributed by atoms with E-state index in [9.17, 15) is 13.2 Å². The van der Waals surface area contributed by atoms with Crippen molar-refractivity contribution in [2.75, 3.05) is 19.4 Å². The Morgan fingerprint density at radius 1 is 1.47 bits per heavy atom. The molecule has 0 radical (unpaired) electrons. The maximum Gasteiger partial charge on any atom is 0.255 e. The summed E-state index contributed by atoms with van der Waals surface area (Å²) >= 11 is 3.28. The van der Waals surface area contributed by atoms with Crippen LogP contribution in [-0.4, -0.2) is 33.7 Å². The summed E-state index contributed by atoms with van der Waals surface area (Å²) in [6.07, 6.45) is 0.267. The highest BCUT2D eigenvalue weighted by atomic mass is 79.9. The van der Waals surface area contributed by atoms with Gasteiger partial charge in [0.1, 0.15) is 5.75 Å². The van der Waals surface area contributed by atoms with Crippen LogP contribution in [-0.2, 0) is 10.0 Å². The molecular formula is C11H15BrN2O4S. The van der Waals surface area contributed by atoms with E-state index in [1.165, 1.54) is 7.11 Å². The van der Waals surface area contributed by atoms with Gasteiger partial charge in [-0.15, -0.1) is 0 Å². The minimum absolute atomic E-state index is 0.162. The Kier molecular flexibility index (Phi) is 5.77. The number of carbonyl (C=O) groups excluding carboxylic acids is 1. The maximum absolute atomic E-state index is 11.9. The third-order valence-electron chi connectivity index (χ3n) is 2.30. The fourth-order valence-electron chi connectivity index (χ4n) is 1.42. The van der Waals surface area contributed by atoms with E-state index in [4.69, 9.17) is 9.88 Å². The molecule has 1 aromatic rings. The number of nitrogens with one attached hydrogen (secondary N) is 1. The summed E-state index contributed by atoms with van der Waals surface area (Å²) in [6, 6.07) is 5.03. The maximum atomic E-state index is 11.9. The number of sulfonamides is 1. The van der Waals surface area contributed by atoms with Gasteiger partial charge in [-0.2, -0.15) is 0 Å². The molecule has 0 bridgehead atoms. The van der Waals surface area contributed by atoms with E-state index >= 15 is 0 Å². The summed E-state index contributed by atoms with van der Waals surface area (Å²) < 4.78 is 27.3. The Hall–Kier alpha value is -1.12. The van der Waals surface area contributed by atoms with Crippen LogP contribution in [0.4, 0.5) is 0 Å². The second-order valence-corrected chi connectivity index (χ2v) is 6.47. The number of amides is 1. The topological polar surface area (TPSA) is 98.5 Å². The molecule has 106 valence electrons. The summed E-state index contributed by atoms with van der Waals surface area (Å²) in [6.45, 7) is 0.231. The van der Waals surface area contributed by atoms with Gasteiger partial charge in [-0.3, -0.25) is 4.79 Å². The molecule has 0 saturated carbocycles. The van der Waals surface area contributed by atoms with Crippen molar-refractivity contribution in [2.24, 2.45) is 5.14 Å². The van der Waals surface area contributed by atoms with E-state index in [0.29, 0.717) is 11.3 Å². The summed E-state index contributed by atoms with van der Waals surface area (Å²) in [5, 5.41) is 7.47. The zero-order valence-electron chi connectivity index (χ0n) is 10.3. The van der Waals surface area contributed by atoms with Crippen LogP contribution in [0, 0.1) is 0 Å². The van der Waals surface area contributed by atoms with Crippen LogP contribution in [0.2, 0.25) is 0 Å². The first-order valence-corrected chi connectivity index (χ1v) is 7.96. The second kappa shape index (κ2) is 6.88. The van der Waals surface area contributed by atoms with Crippen LogP contribution >= 0.6 is 15.9 Å². The molecule has 1 amide bonds. The van der Waals surface area contributed by atoms with Crippen molar-refractivity contribution in [3.05, 3.63) is 28.2 Å². The van der Waals surface area contributed by atoms with Crippen molar-refractivity contribution in [2.45, 2.75) is 6.42 Å². The van der Waals surface area contributed by atoms with E-state index in [0.717, 1.165) is 4.47 Å². The largest absolute Gasteiger partial charge is 0.496 e. The van der Waals surface area contributed by atoms with Gasteiger partial charge in [-0.05, 0) is 24.6 Å². The van der Waals surface area contributed by atoms with Gasteiger partial charge < -0.3 is 10.1 Å². The number of benzene rings is 1. The van der Waals surface area contributed by atoms with E-state index in [2.05, 4.69) is 21.2 Å². The number of hydrogen-bond donors (Lipinski definition) is 2. The van der Waals surface area contributed by atoms with Gasteiger partial charge in [0.05, 0.1) is 18.4 Å². The molecular weight excluding hydrogens is 336 g/mol. The number of hydrogen-bond acceptors (Lipinski definition) is 4. The van der Waals surface area contributed by atoms with E-state index in [1.54, 1.807) is 18.2 Å². The van der Waals surface area contributed by atoms with Crippen LogP contribution in [0.1, 0.15) is 16.8 Å². The smallest absolute Gasteiger partial charge is 0.255 e. The average molecular weight is 351 g/mol. The molecule has 3 N–H and O–H groups in total. The lowest BCUT2D eigenvalue weighted by molar-refractivity contribution is 0.0950. The molecule has 0 heterocycles. The summed E-state index contributed by atoms with van der Waals surface area (Å²) in [5.74, 6) is -0.0396. The molecule has 6 nitrogen and oxygen atoms in total. The van der Waals surface area contributed by atoms with Crippen molar-refractivity contribution in [1.29, 1.82) is 0 Å². The molecule has 1 rings (SSSR count). The second-order valence-electron chi connectivity index (χ2n) is 3.82. The third kappa shape index (κ3) is 5.58. The van der Waals surface area contributed by atoms with Gasteiger partial charge in [0, 0.05) is 11.0 Å². The zero-order chi connectivity index (χ0) is 14.5. The Morgan fingerprint density at radius 2 is 2.16 bits per heavy atom. The summed E-state index contributed by atoms with van der Waals surface area (Å²) in [4.78, 5) is 11.9. The van der Waals surface area contributed by atoms with Gasteiger partial charge >= 0.3 is 0 Å². The number of nitrogens with two attached hydrogens (primary N) is 1. The predicted octanol–water partition coefficient (Wildman–Crippen LogP) is 0.866. The minimum atomic E-state index is -3.49. The molecule has 0 aliphatic heterocycles. The first-order chi connectivity index (χ1) is 8.83. The number of ether oxygens (including phenoxy) is 1. The van der Waals surface area contributed by atoms with E-state index < -0.39 is 10.0 Å². The summed E-state index contributed by atoms with van der Waals surface area (Å²) in [7, 11) is -2.02. The van der Waals surface area contributed by atoms with Gasteiger partial charge in [0.2, 0.25) is 10.0 Å². The highest BCUT2D eigenvalue weighted by Crippen LogP contribution is 2.23. The number of primary sulfonamides is 1. The Bertz CT molecular complexity index is 560. The van der Waals surface area contributed by atoms with Gasteiger partial charge in [-0.1, -0.05) is 15.9 Å². The molecule has 0 fully saturated rings. The standard InChI is InChI=1S/C11H15BrN2O4S/c1-18-10-7-8(12)3-4-9(10)11(15)14-5-2-6-19(13,16)17/h3-4,7H,2,5-6H2,1H3,(H,14,15)(H2,13,16,17). The molecule has 0 spiro atoms. The van der Waals surface area contributed by atoms with Crippen molar-refractivity contribution >= 4 is 31.9 Å². The Balaban J connectivity index is 2.59. The highest BCUT2D eigenvalue weighted by molar-refractivity contribution is 9.10. The van der Waals surface area contributed by atoms with E-state index in [-0.39, 0.29) is 24.6 Å². The van der Waals surface area contributed by atoms with Crippen LogP contribution in [0.5, 0.6) is 5.75 Å². The lowest BCUT2D eigenvalue weighted by Crippen LogP contribution is -2.27. The number of carbonyl (C=O) groups is 1. The van der Waals surface area contributed by atoms with Crippen molar-refractivity contribution in [3.63, 3.8) is 0 Å². The Morgan fingerprint density at radius 3 is 2.74 bits per heavy atom. The first kappa shape index (κ1) is 15.9. The van der Waals surface area contributed by atoms with Gasteiger partial charge in [-0.25, -0.2) is 13.6 Å². The average Bonchev–Trinajstić information content (AvgIpc) is 2.33. The minimum Gasteiger partial charge on any atom is -0.496 e. The molecule has 19 heavy (non-hydrogen) atoms. The highest BCUT2D eigenvalue weighted by Gasteiger charge is 2.12. The fraction of sp³-hybridized carbons (Fsp3) is 0.364. The molecule has 0 aliphatic carbocycles. The van der Waals surface area contributed by atoms with Gasteiger partial charge in [0.25, 0.3) is 5.91 Å². The molecule has 8 heteroatoms. The Labute approximate surface area is 120 Å². The van der Waals surface area contributed by atoms with E-state index in [1.807, 2.05) is 0 Å². The number of methoxy groups -OCH3 is 1. The van der Waals surface area contributed by atoms with Crippen LogP contribution in [0.3, 0.4) is 0 Å². The van der Waals surface area contributed by atoms with Crippen LogP contribution in [0.25, 0.3) is 0 Å². The molecule has 0 aromatic heterocycles. The summed E-state index contributed by atoms with van der Waals surface area (Å²) in [5.41, 5.74) is 0.390. The van der Waals surface area contributed by atoms with Crippen LogP contribution < -0.4 is 15.2 Å². The monoisotopic (exact) mass is 350 g/mol. The SMILES string of the molecule is COc1cc(Br)ccc1C(=O)NCCCS(N)(=O)=O.